The highest BCUT2D eigenvalue weighted by Crippen LogP contribution is 2.23. The van der Waals surface area contributed by atoms with Crippen molar-refractivity contribution in [1.82, 2.24) is 4.90 Å². The summed E-state index contributed by atoms with van der Waals surface area (Å²) in [4.78, 5) is 25.9. The van der Waals surface area contributed by atoms with Crippen molar-refractivity contribution in [2.75, 3.05) is 11.9 Å². The molecule has 1 heterocycles. The van der Waals surface area contributed by atoms with Crippen LogP contribution < -0.4 is 5.32 Å². The van der Waals surface area contributed by atoms with Crippen LogP contribution in [0.15, 0.2) is 42.5 Å². The van der Waals surface area contributed by atoms with Gasteiger partial charge in [-0.25, -0.2) is 4.39 Å². The molecular weight excluding hydrogens is 331 g/mol. The Hall–Kier alpha value is -2.40. The second-order valence-electron chi connectivity index (χ2n) is 5.70. The van der Waals surface area contributed by atoms with Crippen LogP contribution in [0.3, 0.4) is 0 Å². The lowest BCUT2D eigenvalue weighted by Gasteiger charge is -2.16. The second kappa shape index (κ2) is 7.01. The van der Waals surface area contributed by atoms with Crippen molar-refractivity contribution in [3.63, 3.8) is 0 Å². The standard InChI is InChI=1S/C18H16ClFN2O2/c19-15-10-14(20)6-7-16(15)21-18(24)13-4-1-3-12(9-13)11-22-8-2-5-17(22)23/h1,3-4,6-7,9-10H,2,5,8,11H2,(H,21,24). The van der Waals surface area contributed by atoms with Gasteiger partial charge in [-0.1, -0.05) is 23.7 Å². The van der Waals surface area contributed by atoms with E-state index in [0.29, 0.717) is 24.2 Å². The van der Waals surface area contributed by atoms with Crippen LogP contribution in [0.4, 0.5) is 10.1 Å². The van der Waals surface area contributed by atoms with Gasteiger partial charge in [-0.15, -0.1) is 0 Å². The Morgan fingerprint density at radius 3 is 2.79 bits per heavy atom. The van der Waals surface area contributed by atoms with E-state index in [1.54, 1.807) is 23.1 Å². The Morgan fingerprint density at radius 1 is 1.25 bits per heavy atom. The number of benzene rings is 2. The molecule has 1 aliphatic rings. The zero-order valence-corrected chi connectivity index (χ0v) is 13.6. The van der Waals surface area contributed by atoms with E-state index < -0.39 is 5.82 Å². The van der Waals surface area contributed by atoms with E-state index in [0.717, 1.165) is 24.6 Å². The lowest BCUT2D eigenvalue weighted by Crippen LogP contribution is -2.24. The highest BCUT2D eigenvalue weighted by atomic mass is 35.5. The molecule has 0 unspecified atom stereocenters. The number of anilines is 1. The van der Waals surface area contributed by atoms with E-state index >= 15 is 0 Å². The van der Waals surface area contributed by atoms with E-state index in [1.807, 2.05) is 6.07 Å². The quantitative estimate of drug-likeness (QED) is 0.914. The highest BCUT2D eigenvalue weighted by Gasteiger charge is 2.20. The summed E-state index contributed by atoms with van der Waals surface area (Å²) in [6, 6.07) is 10.9. The molecular formula is C18H16ClFN2O2. The van der Waals surface area contributed by atoms with Gasteiger partial charge in [-0.2, -0.15) is 0 Å². The molecule has 0 atom stereocenters. The molecule has 2 aromatic rings. The van der Waals surface area contributed by atoms with Crippen molar-refractivity contribution in [3.8, 4) is 0 Å². The van der Waals surface area contributed by atoms with E-state index in [2.05, 4.69) is 5.32 Å². The first kappa shape index (κ1) is 16.5. The third-order valence-electron chi connectivity index (χ3n) is 3.91. The maximum atomic E-state index is 13.1. The summed E-state index contributed by atoms with van der Waals surface area (Å²) in [6.07, 6.45) is 1.46. The van der Waals surface area contributed by atoms with E-state index in [4.69, 9.17) is 11.6 Å². The van der Waals surface area contributed by atoms with Crippen LogP contribution in [0, 0.1) is 5.82 Å². The molecule has 0 aliphatic carbocycles. The van der Waals surface area contributed by atoms with Crippen molar-refractivity contribution < 1.29 is 14.0 Å². The average molecular weight is 347 g/mol. The van der Waals surface area contributed by atoms with Crippen LogP contribution in [0.5, 0.6) is 0 Å². The van der Waals surface area contributed by atoms with Crippen molar-refractivity contribution in [1.29, 1.82) is 0 Å². The molecule has 4 nitrogen and oxygen atoms in total. The van der Waals surface area contributed by atoms with E-state index in [9.17, 15) is 14.0 Å². The van der Waals surface area contributed by atoms with Crippen LogP contribution in [-0.2, 0) is 11.3 Å². The van der Waals surface area contributed by atoms with Crippen LogP contribution in [0.1, 0.15) is 28.8 Å². The number of nitrogens with zero attached hydrogens (tertiary/aromatic N) is 1. The van der Waals surface area contributed by atoms with Gasteiger partial charge < -0.3 is 10.2 Å². The number of carbonyl (C=O) groups excluding carboxylic acids is 2. The van der Waals surface area contributed by atoms with Crippen LogP contribution in [0.25, 0.3) is 0 Å². The molecule has 124 valence electrons. The van der Waals surface area contributed by atoms with E-state index in [1.165, 1.54) is 12.1 Å². The molecule has 6 heteroatoms. The summed E-state index contributed by atoms with van der Waals surface area (Å²) in [7, 11) is 0. The summed E-state index contributed by atoms with van der Waals surface area (Å²) in [5, 5.41) is 2.81. The monoisotopic (exact) mass is 346 g/mol. The Balaban J connectivity index is 1.73. The molecule has 2 aromatic carbocycles. The molecule has 2 amide bonds. The third-order valence-corrected chi connectivity index (χ3v) is 4.23. The van der Waals surface area contributed by atoms with Crippen LogP contribution in [0.2, 0.25) is 5.02 Å². The second-order valence-corrected chi connectivity index (χ2v) is 6.10. The maximum Gasteiger partial charge on any atom is 0.255 e. The van der Waals surface area contributed by atoms with Crippen LogP contribution in [-0.4, -0.2) is 23.3 Å². The summed E-state index contributed by atoms with van der Waals surface area (Å²) in [6.45, 7) is 1.25. The molecule has 24 heavy (non-hydrogen) atoms. The lowest BCUT2D eigenvalue weighted by atomic mass is 10.1. The SMILES string of the molecule is O=C(Nc1ccc(F)cc1Cl)c1cccc(CN2CCCC2=O)c1. The van der Waals surface area contributed by atoms with Gasteiger partial charge in [0.05, 0.1) is 10.7 Å². The van der Waals surface area contributed by atoms with Crippen molar-refractivity contribution in [3.05, 3.63) is 64.4 Å². The number of likely N-dealkylation sites (tertiary alicyclic amines) is 1. The number of hydrogen-bond acceptors (Lipinski definition) is 2. The number of halogens is 2. The smallest absolute Gasteiger partial charge is 0.255 e. The summed E-state index contributed by atoms with van der Waals surface area (Å²) >= 11 is 5.92. The molecule has 1 fully saturated rings. The van der Waals surface area contributed by atoms with Gasteiger partial charge in [0, 0.05) is 25.1 Å². The molecule has 1 N–H and O–H groups in total. The predicted molar refractivity (Wildman–Crippen MR) is 90.5 cm³/mol. The Kier molecular flexibility index (Phi) is 4.81. The Morgan fingerprint density at radius 2 is 2.08 bits per heavy atom. The average Bonchev–Trinajstić information content (AvgIpc) is 2.95. The maximum absolute atomic E-state index is 13.1. The zero-order valence-electron chi connectivity index (χ0n) is 12.9. The van der Waals surface area contributed by atoms with Gasteiger partial charge in [0.15, 0.2) is 0 Å². The Labute approximate surface area is 144 Å². The molecule has 0 bridgehead atoms. The van der Waals surface area contributed by atoms with Crippen molar-refractivity contribution in [2.45, 2.75) is 19.4 Å². The largest absolute Gasteiger partial charge is 0.338 e. The first-order chi connectivity index (χ1) is 11.5. The molecule has 0 saturated carbocycles. The highest BCUT2D eigenvalue weighted by molar-refractivity contribution is 6.33. The molecule has 0 spiro atoms. The van der Waals surface area contributed by atoms with Crippen molar-refractivity contribution in [2.24, 2.45) is 0 Å². The van der Waals surface area contributed by atoms with E-state index in [-0.39, 0.29) is 16.8 Å². The topological polar surface area (TPSA) is 49.4 Å². The fraction of sp³-hybridized carbons (Fsp3) is 0.222. The number of nitrogens with one attached hydrogen (secondary N) is 1. The fourth-order valence-corrected chi connectivity index (χ4v) is 2.90. The number of hydrogen-bond donors (Lipinski definition) is 1. The number of rotatable bonds is 4. The fourth-order valence-electron chi connectivity index (χ4n) is 2.69. The first-order valence-corrected chi connectivity index (χ1v) is 8.04. The summed E-state index contributed by atoms with van der Waals surface area (Å²) < 4.78 is 13.1. The van der Waals surface area contributed by atoms with Gasteiger partial charge >= 0.3 is 0 Å². The summed E-state index contributed by atoms with van der Waals surface area (Å²) in [5.74, 6) is -0.656. The van der Waals surface area contributed by atoms with Gasteiger partial charge in [0.2, 0.25) is 5.91 Å². The van der Waals surface area contributed by atoms with Gasteiger partial charge in [-0.3, -0.25) is 9.59 Å². The van der Waals surface area contributed by atoms with Crippen molar-refractivity contribution >= 4 is 29.1 Å². The minimum absolute atomic E-state index is 0.141. The molecule has 0 aromatic heterocycles. The lowest BCUT2D eigenvalue weighted by molar-refractivity contribution is -0.128. The minimum Gasteiger partial charge on any atom is -0.338 e. The molecule has 0 radical (unpaired) electrons. The van der Waals surface area contributed by atoms with Crippen LogP contribution >= 0.6 is 11.6 Å². The number of carbonyl (C=O) groups is 2. The summed E-state index contributed by atoms with van der Waals surface area (Å²) in [5.41, 5.74) is 1.70. The molecule has 1 aliphatic heterocycles. The minimum atomic E-state index is -0.463. The predicted octanol–water partition coefficient (Wildman–Crippen LogP) is 3.85. The third kappa shape index (κ3) is 3.74. The normalized spacial score (nSPS) is 14.1. The first-order valence-electron chi connectivity index (χ1n) is 7.66. The molecule has 3 rings (SSSR count). The van der Waals surface area contributed by atoms with Gasteiger partial charge in [0.1, 0.15) is 5.82 Å². The number of amides is 2. The zero-order chi connectivity index (χ0) is 17.1. The molecule has 1 saturated heterocycles. The Bertz CT molecular complexity index is 794. The van der Waals surface area contributed by atoms with Gasteiger partial charge in [0.25, 0.3) is 5.91 Å². The van der Waals surface area contributed by atoms with Gasteiger partial charge in [-0.05, 0) is 42.3 Å².